The second kappa shape index (κ2) is 12.0. The van der Waals surface area contributed by atoms with Crippen LogP contribution < -0.4 is 4.90 Å². The number of benzene rings is 2. The maximum atomic E-state index is 12.8. The Kier molecular flexibility index (Phi) is 7.90. The number of nitrogens with zero attached hydrogens (tertiary/aromatic N) is 9. The monoisotopic (exact) mass is 651 g/mol. The summed E-state index contributed by atoms with van der Waals surface area (Å²) in [6.45, 7) is 3.68. The average molecular weight is 653 g/mol. The van der Waals surface area contributed by atoms with Gasteiger partial charge in [0.05, 0.1) is 39.6 Å². The molecule has 10 nitrogen and oxygen atoms in total. The number of rotatable bonds is 5. The Morgan fingerprint density at radius 3 is 2.70 bits per heavy atom. The molecule has 5 aromatic rings. The summed E-state index contributed by atoms with van der Waals surface area (Å²) in [4.78, 5) is 28.7. The van der Waals surface area contributed by atoms with Gasteiger partial charge in [-0.3, -0.25) is 9.78 Å². The van der Waals surface area contributed by atoms with Crippen molar-refractivity contribution in [2.75, 3.05) is 38.6 Å². The Morgan fingerprint density at radius 1 is 1.13 bits per heavy atom. The molecule has 0 unspecified atom stereocenters. The van der Waals surface area contributed by atoms with Crippen molar-refractivity contribution in [1.82, 2.24) is 34.8 Å². The Labute approximate surface area is 276 Å². The molecule has 0 N–H and O–H groups in total. The van der Waals surface area contributed by atoms with Gasteiger partial charge in [-0.15, -0.1) is 5.10 Å². The molecule has 232 valence electrons. The molecule has 0 saturated carbocycles. The molecule has 2 saturated heterocycles. The number of carbonyl (C=O) groups excluding carboxylic acids is 1. The molecule has 1 amide bonds. The third kappa shape index (κ3) is 4.98. The van der Waals surface area contributed by atoms with Crippen molar-refractivity contribution < 1.29 is 4.79 Å². The van der Waals surface area contributed by atoms with E-state index in [2.05, 4.69) is 57.1 Å². The fraction of sp³-hybridized carbons (Fsp3) is 0.353. The highest BCUT2D eigenvalue weighted by Gasteiger charge is 2.36. The third-order valence-corrected chi connectivity index (χ3v) is 9.89. The van der Waals surface area contributed by atoms with Gasteiger partial charge >= 0.3 is 0 Å². The second-order valence-corrected chi connectivity index (χ2v) is 12.9. The summed E-state index contributed by atoms with van der Waals surface area (Å²) in [7, 11) is 4.15. The number of hydrogen-bond donors (Lipinski definition) is 0. The van der Waals surface area contributed by atoms with E-state index < -0.39 is 0 Å². The van der Waals surface area contributed by atoms with E-state index in [0.717, 1.165) is 46.3 Å². The molecule has 0 bridgehead atoms. The van der Waals surface area contributed by atoms with Crippen LogP contribution in [0.3, 0.4) is 0 Å². The van der Waals surface area contributed by atoms with Gasteiger partial charge in [0.15, 0.2) is 11.3 Å². The maximum Gasteiger partial charge on any atom is 0.298 e. The Hall–Kier alpha value is -4.48. The molecule has 5 heterocycles. The fourth-order valence-corrected chi connectivity index (χ4v) is 7.43. The minimum absolute atomic E-state index is 0.120. The van der Waals surface area contributed by atoms with Crippen LogP contribution in [0, 0.1) is 23.2 Å². The van der Waals surface area contributed by atoms with Gasteiger partial charge in [0.25, 0.3) is 5.91 Å². The minimum Gasteiger partial charge on any atom is -0.351 e. The number of nitriles is 1. The average Bonchev–Trinajstić information content (AvgIpc) is 3.47. The van der Waals surface area contributed by atoms with Gasteiger partial charge in [0, 0.05) is 59.8 Å². The van der Waals surface area contributed by atoms with Crippen LogP contribution in [0.15, 0.2) is 42.6 Å². The first-order valence-corrected chi connectivity index (χ1v) is 16.0. The first kappa shape index (κ1) is 30.2. The number of pyridine rings is 2. The van der Waals surface area contributed by atoms with Crippen LogP contribution in [0.1, 0.15) is 32.2 Å². The predicted octanol–water partition coefficient (Wildman–Crippen LogP) is 5.72. The van der Waals surface area contributed by atoms with Gasteiger partial charge < -0.3 is 14.7 Å². The number of likely N-dealkylation sites (N-methyl/N-ethyl adjacent to an activating group) is 1. The second-order valence-electron chi connectivity index (χ2n) is 12.1. The largest absolute Gasteiger partial charge is 0.351 e. The SMILES string of the molecule is CC#CC(=O)N1CC[C@H](n2nnc3c(N4CC(N(C)C)C4)nc4c(Cl)c(-c5cccc6cccnc56)c(Cl)cc4c32)C[C@H]1CC#N. The normalized spacial score (nSPS) is 18.5. The zero-order chi connectivity index (χ0) is 32.1. The highest BCUT2D eigenvalue weighted by Crippen LogP contribution is 2.45. The highest BCUT2D eigenvalue weighted by molar-refractivity contribution is 6.44. The molecule has 7 rings (SSSR count). The van der Waals surface area contributed by atoms with E-state index in [1.807, 2.05) is 41.1 Å². The van der Waals surface area contributed by atoms with Gasteiger partial charge in [-0.05, 0) is 51.9 Å². The summed E-state index contributed by atoms with van der Waals surface area (Å²) < 4.78 is 1.93. The van der Waals surface area contributed by atoms with Crippen molar-refractivity contribution >= 4 is 67.8 Å². The Morgan fingerprint density at radius 2 is 1.93 bits per heavy atom. The Bertz CT molecular complexity index is 2120. The molecule has 46 heavy (non-hydrogen) atoms. The van der Waals surface area contributed by atoms with E-state index in [9.17, 15) is 10.1 Å². The number of amides is 1. The van der Waals surface area contributed by atoms with Crippen LogP contribution >= 0.6 is 23.2 Å². The van der Waals surface area contributed by atoms with Crippen molar-refractivity contribution in [3.63, 3.8) is 0 Å². The molecule has 2 aliphatic heterocycles. The molecule has 0 aliphatic carbocycles. The molecule has 12 heteroatoms. The van der Waals surface area contributed by atoms with Gasteiger partial charge in [-0.2, -0.15) is 5.26 Å². The van der Waals surface area contributed by atoms with Crippen LogP contribution in [0.4, 0.5) is 5.82 Å². The van der Waals surface area contributed by atoms with Gasteiger partial charge in [-0.25, -0.2) is 9.67 Å². The van der Waals surface area contributed by atoms with Gasteiger partial charge in [0.2, 0.25) is 0 Å². The molecule has 2 fully saturated rings. The van der Waals surface area contributed by atoms with E-state index >= 15 is 0 Å². The van der Waals surface area contributed by atoms with Crippen LogP contribution in [0.2, 0.25) is 10.0 Å². The first-order valence-electron chi connectivity index (χ1n) is 15.2. The number of fused-ring (bicyclic) bond motifs is 4. The van der Waals surface area contributed by atoms with Crippen LogP contribution in [0.5, 0.6) is 0 Å². The van der Waals surface area contributed by atoms with Gasteiger partial charge in [-0.1, -0.05) is 58.6 Å². The van der Waals surface area contributed by atoms with Crippen molar-refractivity contribution in [2.45, 2.75) is 44.3 Å². The topological polar surface area (TPSA) is 107 Å². The van der Waals surface area contributed by atoms with E-state index in [4.69, 9.17) is 28.2 Å². The molecule has 2 atom stereocenters. The zero-order valence-corrected chi connectivity index (χ0v) is 27.2. The van der Waals surface area contributed by atoms with Crippen LogP contribution in [0.25, 0.3) is 44.0 Å². The summed E-state index contributed by atoms with van der Waals surface area (Å²) >= 11 is 14.4. The molecule has 0 spiro atoms. The number of likely N-dealkylation sites (tertiary alicyclic amines) is 1. The van der Waals surface area contributed by atoms with Crippen molar-refractivity contribution in [3.8, 4) is 29.0 Å². The molecule has 0 radical (unpaired) electrons. The third-order valence-electron chi connectivity index (χ3n) is 9.22. The fourth-order valence-electron chi connectivity index (χ4n) is 6.73. The van der Waals surface area contributed by atoms with E-state index in [1.165, 1.54) is 0 Å². The number of piperidine rings is 1. The molecular weight excluding hydrogens is 621 g/mol. The maximum absolute atomic E-state index is 12.8. The lowest BCUT2D eigenvalue weighted by Gasteiger charge is -2.43. The number of carbonyl (C=O) groups is 1. The molecule has 2 aliphatic rings. The van der Waals surface area contributed by atoms with Crippen molar-refractivity contribution in [3.05, 3.63) is 52.6 Å². The van der Waals surface area contributed by atoms with Gasteiger partial charge in [0.1, 0.15) is 5.52 Å². The van der Waals surface area contributed by atoms with E-state index in [1.54, 1.807) is 18.0 Å². The number of aromatic nitrogens is 5. The lowest BCUT2D eigenvalue weighted by molar-refractivity contribution is -0.129. The quantitative estimate of drug-likeness (QED) is 0.222. The lowest BCUT2D eigenvalue weighted by Crippen LogP contribution is -2.57. The summed E-state index contributed by atoms with van der Waals surface area (Å²) in [5, 5.41) is 21.6. The minimum atomic E-state index is -0.294. The van der Waals surface area contributed by atoms with Crippen molar-refractivity contribution in [1.29, 1.82) is 5.26 Å². The molecule has 3 aromatic heterocycles. The van der Waals surface area contributed by atoms with Crippen LogP contribution in [-0.4, -0.2) is 86.5 Å². The van der Waals surface area contributed by atoms with Crippen molar-refractivity contribution in [2.24, 2.45) is 0 Å². The van der Waals surface area contributed by atoms with E-state index in [0.29, 0.717) is 52.1 Å². The number of para-hydroxylation sites is 1. The highest BCUT2D eigenvalue weighted by atomic mass is 35.5. The lowest BCUT2D eigenvalue weighted by atomic mass is 9.94. The number of halogens is 2. The zero-order valence-electron chi connectivity index (χ0n) is 25.7. The number of anilines is 1. The summed E-state index contributed by atoms with van der Waals surface area (Å²) in [5.74, 6) is 5.78. The number of hydrogen-bond acceptors (Lipinski definition) is 8. The summed E-state index contributed by atoms with van der Waals surface area (Å²) in [6, 6.07) is 14.0. The standard InChI is InChI=1S/C34H31Cl2N9O/c1-4-7-27(46)44-15-12-22(16-21(44)11-13-37)45-33-25-17-26(35)28(24-10-5-8-20-9-6-14-38-30(20)24)29(36)31(25)39-34(32(33)40-41-45)43-18-23(19-43)42(2)3/h5-6,8-10,14,17,21-23H,11-12,15-16,18-19H2,1-3H3/t21-,22+/m1/s1. The van der Waals surface area contributed by atoms with E-state index in [-0.39, 0.29) is 24.4 Å². The molecular formula is C34H31Cl2N9O. The summed E-state index contributed by atoms with van der Waals surface area (Å²) in [6.07, 6.45) is 3.13. The summed E-state index contributed by atoms with van der Waals surface area (Å²) in [5.41, 5.74) is 4.36. The van der Waals surface area contributed by atoms with Crippen LogP contribution in [-0.2, 0) is 4.79 Å². The smallest absolute Gasteiger partial charge is 0.298 e. The predicted molar refractivity (Wildman–Crippen MR) is 181 cm³/mol. The molecule has 2 aromatic carbocycles. The first-order chi connectivity index (χ1) is 22.3. The Balaban J connectivity index is 1.41.